The minimum Gasteiger partial charge on any atom is -0.444 e. The number of ether oxygens (including phenoxy) is 2. The third-order valence-electron chi connectivity index (χ3n) is 11.3. The largest absolute Gasteiger partial charge is 0.496 e. The highest BCUT2D eigenvalue weighted by atomic mass is 79.9. The molecule has 7 rings (SSSR count). The fourth-order valence-corrected chi connectivity index (χ4v) is 7.81. The standard InChI is InChI=1S/C20H25N3O4.C17H26BNO4.C9H11BrN2O2/c1-20(2,3)27-19(26)21-16-11-7-6-10-14(16)15-12-23(13-8-4-5-9-13)18(25)22-17(15)24;1-15(2,3)21-14(20)19-13-11-9-8-10-12(13)18-22-16(4,5)17(6,7)23-18;10-7-5-12(6-3-1-2-4-6)9(14)11-8(7)13/h6-7,10-13H,4-5,8-9H2,1-3H3,(H,21,26)(H,22,24,25);8-11H,1-7H3,(H,19,20);5-6H,1-4H2,(H,11,13,14). The van der Waals surface area contributed by atoms with Crippen LogP contribution in [-0.4, -0.2) is 60.8 Å². The molecule has 2 aliphatic carbocycles. The lowest BCUT2D eigenvalue weighted by atomic mass is 9.78. The number of nitrogens with zero attached hydrogens (tertiary/aromatic N) is 2. The Hall–Kier alpha value is -5.20. The lowest BCUT2D eigenvalue weighted by Gasteiger charge is -2.32. The van der Waals surface area contributed by atoms with Crippen molar-refractivity contribution in [3.8, 4) is 11.1 Å². The molecule has 2 saturated carbocycles. The van der Waals surface area contributed by atoms with Gasteiger partial charge in [0.1, 0.15) is 11.2 Å². The molecular formula is C46H62BBrN6O10. The zero-order chi connectivity index (χ0) is 47.2. The van der Waals surface area contributed by atoms with Crippen molar-refractivity contribution in [2.45, 2.75) is 155 Å². The summed E-state index contributed by atoms with van der Waals surface area (Å²) in [6.45, 7) is 18.8. The average molecular weight is 950 g/mol. The number of aromatic nitrogens is 4. The Morgan fingerprint density at radius 3 is 1.58 bits per heavy atom. The quantitative estimate of drug-likeness (QED) is 0.136. The van der Waals surface area contributed by atoms with Gasteiger partial charge in [-0.1, -0.05) is 62.1 Å². The number of anilines is 2. The lowest BCUT2D eigenvalue weighted by Crippen LogP contribution is -2.41. The van der Waals surface area contributed by atoms with E-state index in [0.29, 0.717) is 27.0 Å². The third-order valence-corrected chi connectivity index (χ3v) is 11.8. The zero-order valence-corrected chi connectivity index (χ0v) is 40.1. The van der Waals surface area contributed by atoms with Crippen LogP contribution < -0.4 is 38.6 Å². The van der Waals surface area contributed by atoms with E-state index in [1.54, 1.807) is 66.6 Å². The van der Waals surface area contributed by atoms with E-state index < -0.39 is 53.0 Å². The van der Waals surface area contributed by atoms with Gasteiger partial charge < -0.3 is 18.8 Å². The molecule has 64 heavy (non-hydrogen) atoms. The highest BCUT2D eigenvalue weighted by Gasteiger charge is 2.52. The molecule has 3 heterocycles. The Morgan fingerprint density at radius 1 is 0.656 bits per heavy atom. The molecule has 16 nitrogen and oxygen atoms in total. The fraction of sp³-hybridized carbons (Fsp3) is 0.522. The van der Waals surface area contributed by atoms with Crippen molar-refractivity contribution in [1.29, 1.82) is 0 Å². The predicted molar refractivity (Wildman–Crippen MR) is 253 cm³/mol. The van der Waals surface area contributed by atoms with E-state index in [0.717, 1.165) is 56.8 Å². The van der Waals surface area contributed by atoms with E-state index in [-0.39, 0.29) is 23.3 Å². The molecule has 2 aromatic carbocycles. The van der Waals surface area contributed by atoms with Crippen molar-refractivity contribution in [3.05, 3.63) is 107 Å². The first-order valence-electron chi connectivity index (χ1n) is 21.7. The summed E-state index contributed by atoms with van der Waals surface area (Å²) in [5.41, 5.74) is -0.853. The SMILES string of the molecule is CC(C)(C)OC(=O)Nc1ccccc1-c1cn(C2CCCC2)c(=O)[nH]c1=O.CC(C)(C)OC(=O)Nc1ccccc1B1OC(C)(C)C(C)(C)O1.O=c1[nH]c(=O)n(C2CCCC2)cc1Br. The van der Waals surface area contributed by atoms with Gasteiger partial charge in [0, 0.05) is 41.2 Å². The second-order valence-corrected chi connectivity index (χ2v) is 20.1. The van der Waals surface area contributed by atoms with E-state index >= 15 is 0 Å². The maximum Gasteiger partial charge on any atom is 0.496 e. The van der Waals surface area contributed by atoms with Gasteiger partial charge in [-0.15, -0.1) is 0 Å². The monoisotopic (exact) mass is 948 g/mol. The molecule has 18 heteroatoms. The van der Waals surface area contributed by atoms with Gasteiger partial charge in [0.2, 0.25) is 0 Å². The van der Waals surface area contributed by atoms with Crippen LogP contribution in [0.15, 0.2) is 84.6 Å². The van der Waals surface area contributed by atoms with Gasteiger partial charge in [0.25, 0.3) is 11.1 Å². The maximum absolute atomic E-state index is 12.5. The van der Waals surface area contributed by atoms with Crippen LogP contribution >= 0.6 is 15.9 Å². The Bertz CT molecular complexity index is 2510. The van der Waals surface area contributed by atoms with Gasteiger partial charge in [-0.05, 0) is 123 Å². The Labute approximate surface area is 382 Å². The number of amides is 2. The van der Waals surface area contributed by atoms with Crippen LogP contribution in [0, 0.1) is 0 Å². The molecule has 2 amide bonds. The van der Waals surface area contributed by atoms with Gasteiger partial charge in [0.15, 0.2) is 0 Å². The minimum absolute atomic E-state index is 0.0964. The average Bonchev–Trinajstić information content (AvgIpc) is 3.95. The van der Waals surface area contributed by atoms with E-state index in [1.807, 2.05) is 72.7 Å². The summed E-state index contributed by atoms with van der Waals surface area (Å²) in [5.74, 6) is 0. The highest BCUT2D eigenvalue weighted by molar-refractivity contribution is 9.10. The van der Waals surface area contributed by atoms with Crippen molar-refractivity contribution in [1.82, 2.24) is 19.1 Å². The van der Waals surface area contributed by atoms with Crippen molar-refractivity contribution in [2.75, 3.05) is 10.6 Å². The minimum atomic E-state index is -0.633. The summed E-state index contributed by atoms with van der Waals surface area (Å²) in [4.78, 5) is 76.2. The molecule has 2 aromatic heterocycles. The van der Waals surface area contributed by atoms with Crippen LogP contribution in [0.4, 0.5) is 21.0 Å². The van der Waals surface area contributed by atoms with Crippen LogP contribution in [0.3, 0.4) is 0 Å². The number of hydrogen-bond donors (Lipinski definition) is 4. The number of carbonyl (C=O) groups is 2. The van der Waals surface area contributed by atoms with Crippen molar-refractivity contribution in [3.63, 3.8) is 0 Å². The number of nitrogens with one attached hydrogen (secondary N) is 4. The Balaban J connectivity index is 0.000000189. The van der Waals surface area contributed by atoms with Crippen LogP contribution in [-0.2, 0) is 18.8 Å². The summed E-state index contributed by atoms with van der Waals surface area (Å²) < 4.78 is 26.4. The highest BCUT2D eigenvalue weighted by Crippen LogP contribution is 2.37. The number of H-pyrrole nitrogens is 2. The Morgan fingerprint density at radius 2 is 1.08 bits per heavy atom. The van der Waals surface area contributed by atoms with Crippen molar-refractivity contribution < 1.29 is 28.4 Å². The topological polar surface area (TPSA) is 205 Å². The smallest absolute Gasteiger partial charge is 0.444 e. The lowest BCUT2D eigenvalue weighted by molar-refractivity contribution is 0.00578. The molecule has 346 valence electrons. The van der Waals surface area contributed by atoms with E-state index in [9.17, 15) is 28.8 Å². The van der Waals surface area contributed by atoms with E-state index in [4.69, 9.17) is 18.8 Å². The number of aromatic amines is 2. The molecule has 0 spiro atoms. The molecular weight excluding hydrogens is 887 g/mol. The predicted octanol–water partition coefficient (Wildman–Crippen LogP) is 8.41. The summed E-state index contributed by atoms with van der Waals surface area (Å²) >= 11 is 3.12. The molecule has 4 aromatic rings. The normalized spacial score (nSPS) is 17.1. The number of para-hydroxylation sites is 2. The van der Waals surface area contributed by atoms with Gasteiger partial charge >= 0.3 is 30.7 Å². The summed E-state index contributed by atoms with van der Waals surface area (Å²) in [6.07, 6.45) is 10.5. The number of rotatable bonds is 6. The van der Waals surface area contributed by atoms with Crippen LogP contribution in [0.25, 0.3) is 11.1 Å². The first-order valence-corrected chi connectivity index (χ1v) is 22.5. The molecule has 3 fully saturated rings. The van der Waals surface area contributed by atoms with Crippen LogP contribution in [0.5, 0.6) is 0 Å². The second-order valence-electron chi connectivity index (χ2n) is 19.2. The van der Waals surface area contributed by atoms with Crippen LogP contribution in [0.2, 0.25) is 0 Å². The number of halogens is 1. The van der Waals surface area contributed by atoms with E-state index in [1.165, 1.54) is 0 Å². The molecule has 0 atom stereocenters. The molecule has 1 aliphatic heterocycles. The summed E-state index contributed by atoms with van der Waals surface area (Å²) in [5, 5.41) is 5.47. The number of benzene rings is 2. The molecule has 1 saturated heterocycles. The van der Waals surface area contributed by atoms with Gasteiger partial charge in [-0.2, -0.15) is 0 Å². The van der Waals surface area contributed by atoms with Gasteiger partial charge in [0.05, 0.1) is 26.9 Å². The van der Waals surface area contributed by atoms with E-state index in [2.05, 4.69) is 36.5 Å². The number of hydrogen-bond acceptors (Lipinski definition) is 10. The molecule has 4 N–H and O–H groups in total. The molecule has 0 radical (unpaired) electrons. The number of carbonyl (C=O) groups excluding carboxylic acids is 2. The Kier molecular flexibility index (Phi) is 15.8. The first-order chi connectivity index (χ1) is 29.8. The van der Waals surface area contributed by atoms with Crippen LogP contribution in [0.1, 0.15) is 133 Å². The van der Waals surface area contributed by atoms with Crippen molar-refractivity contribution >= 4 is 52.1 Å². The zero-order valence-electron chi connectivity index (χ0n) is 38.5. The van der Waals surface area contributed by atoms with Gasteiger partial charge in [-0.3, -0.25) is 39.3 Å². The molecule has 0 unspecified atom stereocenters. The molecule has 3 aliphatic rings. The summed E-state index contributed by atoms with van der Waals surface area (Å²) in [7, 11) is -0.536. The van der Waals surface area contributed by atoms with Crippen molar-refractivity contribution in [2.24, 2.45) is 0 Å². The second kappa shape index (κ2) is 20.3. The first kappa shape index (κ1) is 49.8. The third kappa shape index (κ3) is 13.2. The molecule has 0 bridgehead atoms. The fourth-order valence-electron chi connectivity index (χ4n) is 7.49. The maximum atomic E-state index is 12.5. The summed E-state index contributed by atoms with van der Waals surface area (Å²) in [6, 6.07) is 14.8. The van der Waals surface area contributed by atoms with Gasteiger partial charge in [-0.25, -0.2) is 19.2 Å².